The molecule has 0 unspecified atom stereocenters. The molecule has 0 spiro atoms. The second-order valence-corrected chi connectivity index (χ2v) is 8.85. The van der Waals surface area contributed by atoms with Crippen LogP contribution in [-0.4, -0.2) is 12.8 Å². The van der Waals surface area contributed by atoms with Gasteiger partial charge in [-0.25, -0.2) is 4.39 Å². The fraction of sp³-hybridized carbons (Fsp3) is 0.407. The first-order valence-electron chi connectivity index (χ1n) is 11.4. The van der Waals surface area contributed by atoms with Gasteiger partial charge in [0.05, 0.1) is 0 Å². The molecule has 0 saturated heterocycles. The van der Waals surface area contributed by atoms with Crippen molar-refractivity contribution in [3.05, 3.63) is 66.0 Å². The first-order chi connectivity index (χ1) is 15.3. The molecule has 1 aliphatic rings. The number of halogens is 4. The number of alkyl halides is 3. The van der Waals surface area contributed by atoms with Gasteiger partial charge in [-0.15, -0.1) is 0 Å². The Bertz CT molecular complexity index is 1050. The standard InChI is InChI=1S/C27H28F4O/c1-2-3-18-4-6-19(7-5-18)20-8-10-21(11-9-20)22-12-14-24-23(16-22)13-15-25(26(24)28)32-17-27(29,30)31/h8-16,18-19H,2-7,17H2,1H3. The van der Waals surface area contributed by atoms with Crippen molar-refractivity contribution in [3.8, 4) is 16.9 Å². The fourth-order valence-electron chi connectivity index (χ4n) is 4.86. The summed E-state index contributed by atoms with van der Waals surface area (Å²) in [4.78, 5) is 0. The van der Waals surface area contributed by atoms with E-state index in [1.165, 1.54) is 50.2 Å². The van der Waals surface area contributed by atoms with Gasteiger partial charge >= 0.3 is 6.18 Å². The summed E-state index contributed by atoms with van der Waals surface area (Å²) in [6, 6.07) is 16.7. The number of benzene rings is 3. The Labute approximate surface area is 186 Å². The van der Waals surface area contributed by atoms with Crippen molar-refractivity contribution in [2.45, 2.75) is 57.5 Å². The molecule has 0 bridgehead atoms. The van der Waals surface area contributed by atoms with Crippen LogP contribution in [0.3, 0.4) is 0 Å². The number of fused-ring (bicyclic) bond motifs is 1. The highest BCUT2D eigenvalue weighted by Gasteiger charge is 2.29. The van der Waals surface area contributed by atoms with Crippen LogP contribution >= 0.6 is 0 Å². The summed E-state index contributed by atoms with van der Waals surface area (Å²) in [6.07, 6.45) is 3.21. The minimum absolute atomic E-state index is 0.244. The molecule has 0 aliphatic heterocycles. The lowest BCUT2D eigenvalue weighted by molar-refractivity contribution is -0.153. The molecule has 0 heterocycles. The summed E-state index contributed by atoms with van der Waals surface area (Å²) in [6.45, 7) is 0.743. The van der Waals surface area contributed by atoms with Crippen LogP contribution in [-0.2, 0) is 0 Å². The van der Waals surface area contributed by atoms with Crippen molar-refractivity contribution in [1.29, 1.82) is 0 Å². The maximum Gasteiger partial charge on any atom is 0.422 e. The minimum Gasteiger partial charge on any atom is -0.481 e. The Kier molecular flexibility index (Phi) is 6.73. The lowest BCUT2D eigenvalue weighted by Gasteiger charge is -2.28. The van der Waals surface area contributed by atoms with Gasteiger partial charge in [-0.05, 0) is 71.7 Å². The highest BCUT2D eigenvalue weighted by atomic mass is 19.4. The Hall–Kier alpha value is -2.56. The quantitative estimate of drug-likeness (QED) is 0.346. The van der Waals surface area contributed by atoms with Crippen molar-refractivity contribution >= 4 is 10.8 Å². The summed E-state index contributed by atoms with van der Waals surface area (Å²) >= 11 is 0. The Morgan fingerprint density at radius 2 is 1.56 bits per heavy atom. The van der Waals surface area contributed by atoms with Crippen molar-refractivity contribution in [1.82, 2.24) is 0 Å². The zero-order valence-corrected chi connectivity index (χ0v) is 18.2. The molecule has 1 aliphatic carbocycles. The molecular weight excluding hydrogens is 416 g/mol. The summed E-state index contributed by atoms with van der Waals surface area (Å²) in [7, 11) is 0. The van der Waals surface area contributed by atoms with E-state index in [1.807, 2.05) is 6.07 Å². The van der Waals surface area contributed by atoms with Gasteiger partial charge in [0.2, 0.25) is 0 Å². The third kappa shape index (κ3) is 5.25. The van der Waals surface area contributed by atoms with E-state index in [4.69, 9.17) is 0 Å². The molecule has 1 nitrogen and oxygen atoms in total. The van der Waals surface area contributed by atoms with E-state index in [2.05, 4.69) is 35.9 Å². The van der Waals surface area contributed by atoms with Gasteiger partial charge in [-0.2, -0.15) is 13.2 Å². The predicted molar refractivity (Wildman–Crippen MR) is 120 cm³/mol. The van der Waals surface area contributed by atoms with Crippen LogP contribution in [0.5, 0.6) is 5.75 Å². The predicted octanol–water partition coefficient (Wildman–Crippen LogP) is 8.66. The van der Waals surface area contributed by atoms with Gasteiger partial charge in [0, 0.05) is 5.39 Å². The zero-order chi connectivity index (χ0) is 22.7. The number of ether oxygens (including phenoxy) is 1. The van der Waals surface area contributed by atoms with E-state index in [0.717, 1.165) is 17.0 Å². The maximum atomic E-state index is 14.6. The first-order valence-corrected chi connectivity index (χ1v) is 11.4. The SMILES string of the molecule is CCCC1CCC(c2ccc(-c3ccc4c(F)c(OCC(F)(F)F)ccc4c3)cc2)CC1. The second-order valence-electron chi connectivity index (χ2n) is 8.85. The van der Waals surface area contributed by atoms with Gasteiger partial charge in [0.15, 0.2) is 18.2 Å². The number of hydrogen-bond donors (Lipinski definition) is 0. The van der Waals surface area contributed by atoms with E-state index in [1.54, 1.807) is 18.2 Å². The molecule has 32 heavy (non-hydrogen) atoms. The van der Waals surface area contributed by atoms with Gasteiger partial charge in [0.25, 0.3) is 0 Å². The van der Waals surface area contributed by atoms with Crippen LogP contribution in [0, 0.1) is 11.7 Å². The largest absolute Gasteiger partial charge is 0.481 e. The average molecular weight is 445 g/mol. The molecule has 3 aromatic rings. The fourth-order valence-corrected chi connectivity index (χ4v) is 4.86. The third-order valence-corrected chi connectivity index (χ3v) is 6.57. The van der Waals surface area contributed by atoms with E-state index >= 15 is 0 Å². The smallest absolute Gasteiger partial charge is 0.422 e. The van der Waals surface area contributed by atoms with Gasteiger partial charge in [0.1, 0.15) is 0 Å². The van der Waals surface area contributed by atoms with Crippen molar-refractivity contribution in [2.75, 3.05) is 6.61 Å². The zero-order valence-electron chi connectivity index (χ0n) is 18.2. The molecule has 0 atom stereocenters. The molecule has 3 aromatic carbocycles. The molecule has 0 N–H and O–H groups in total. The van der Waals surface area contributed by atoms with Crippen LogP contribution < -0.4 is 4.74 Å². The number of hydrogen-bond acceptors (Lipinski definition) is 1. The normalized spacial score (nSPS) is 19.3. The Balaban J connectivity index is 1.49. The van der Waals surface area contributed by atoms with Crippen molar-refractivity contribution < 1.29 is 22.3 Å². The van der Waals surface area contributed by atoms with Crippen LogP contribution in [0.4, 0.5) is 17.6 Å². The van der Waals surface area contributed by atoms with Crippen LogP contribution in [0.25, 0.3) is 21.9 Å². The molecule has 170 valence electrons. The highest BCUT2D eigenvalue weighted by molar-refractivity contribution is 5.89. The van der Waals surface area contributed by atoms with Gasteiger partial charge in [-0.3, -0.25) is 0 Å². The summed E-state index contributed by atoms with van der Waals surface area (Å²) in [5.74, 6) is 0.346. The highest BCUT2D eigenvalue weighted by Crippen LogP contribution is 2.38. The van der Waals surface area contributed by atoms with E-state index in [-0.39, 0.29) is 11.1 Å². The average Bonchev–Trinajstić information content (AvgIpc) is 2.79. The molecule has 1 saturated carbocycles. The van der Waals surface area contributed by atoms with Crippen molar-refractivity contribution in [3.63, 3.8) is 0 Å². The lowest BCUT2D eigenvalue weighted by Crippen LogP contribution is -2.19. The Morgan fingerprint density at radius 1 is 0.875 bits per heavy atom. The van der Waals surface area contributed by atoms with Crippen LogP contribution in [0.2, 0.25) is 0 Å². The molecule has 1 fully saturated rings. The lowest BCUT2D eigenvalue weighted by atomic mass is 9.77. The molecule has 4 rings (SSSR count). The monoisotopic (exact) mass is 444 g/mol. The van der Waals surface area contributed by atoms with E-state index in [9.17, 15) is 17.6 Å². The topological polar surface area (TPSA) is 9.23 Å². The van der Waals surface area contributed by atoms with Gasteiger partial charge < -0.3 is 4.74 Å². The Morgan fingerprint density at radius 3 is 2.22 bits per heavy atom. The minimum atomic E-state index is -4.51. The van der Waals surface area contributed by atoms with Gasteiger partial charge in [-0.1, -0.05) is 62.2 Å². The summed E-state index contributed by atoms with van der Waals surface area (Å²) in [5, 5.41) is 0.867. The van der Waals surface area contributed by atoms with Crippen LogP contribution in [0.1, 0.15) is 56.9 Å². The summed E-state index contributed by atoms with van der Waals surface area (Å²) < 4.78 is 56.4. The summed E-state index contributed by atoms with van der Waals surface area (Å²) in [5.41, 5.74) is 3.36. The third-order valence-electron chi connectivity index (χ3n) is 6.57. The van der Waals surface area contributed by atoms with E-state index < -0.39 is 18.6 Å². The van der Waals surface area contributed by atoms with E-state index in [0.29, 0.717) is 11.3 Å². The first kappa shape index (κ1) is 22.6. The van der Waals surface area contributed by atoms with Crippen LogP contribution in [0.15, 0.2) is 54.6 Å². The molecule has 5 heteroatoms. The molecule has 0 radical (unpaired) electrons. The maximum absolute atomic E-state index is 14.6. The molecular formula is C27H28F4O. The molecule has 0 aromatic heterocycles. The molecule has 0 amide bonds. The number of rotatable bonds is 6. The second kappa shape index (κ2) is 9.51. The van der Waals surface area contributed by atoms with Crippen molar-refractivity contribution in [2.24, 2.45) is 5.92 Å².